The number of aromatic nitrogens is 6. The van der Waals surface area contributed by atoms with E-state index in [-0.39, 0.29) is 11.9 Å². The van der Waals surface area contributed by atoms with Crippen molar-refractivity contribution in [3.63, 3.8) is 0 Å². The molecule has 8 heteroatoms. The Kier molecular flexibility index (Phi) is 3.77. The summed E-state index contributed by atoms with van der Waals surface area (Å²) in [5, 5.41) is 11.6. The molecule has 2 N–H and O–H groups in total. The van der Waals surface area contributed by atoms with E-state index in [2.05, 4.69) is 35.5 Å². The third-order valence-corrected chi connectivity index (χ3v) is 4.09. The van der Waals surface area contributed by atoms with Crippen molar-refractivity contribution in [3.8, 4) is 0 Å². The Hall–Kier alpha value is -3.42. The van der Waals surface area contributed by atoms with Gasteiger partial charge in [0.15, 0.2) is 0 Å². The van der Waals surface area contributed by atoms with E-state index < -0.39 is 0 Å². The second kappa shape index (κ2) is 6.23. The summed E-state index contributed by atoms with van der Waals surface area (Å²) >= 11 is 0. The minimum absolute atomic E-state index is 0.174. The predicted molar refractivity (Wildman–Crippen MR) is 91.7 cm³/mol. The van der Waals surface area contributed by atoms with E-state index in [0.717, 1.165) is 28.3 Å². The maximum absolute atomic E-state index is 12.6. The molecule has 8 nitrogen and oxygen atoms in total. The summed E-state index contributed by atoms with van der Waals surface area (Å²) in [4.78, 5) is 29.2. The summed E-state index contributed by atoms with van der Waals surface area (Å²) < 4.78 is 0. The molecule has 4 aromatic rings. The first-order valence-corrected chi connectivity index (χ1v) is 7.90. The van der Waals surface area contributed by atoms with E-state index in [1.54, 1.807) is 37.1 Å². The number of nitrogens with one attached hydrogen (secondary N) is 2. The van der Waals surface area contributed by atoms with E-state index >= 15 is 0 Å². The zero-order valence-electron chi connectivity index (χ0n) is 13.5. The summed E-state index contributed by atoms with van der Waals surface area (Å²) in [6.45, 7) is 1.99. The molecule has 25 heavy (non-hydrogen) atoms. The van der Waals surface area contributed by atoms with Crippen LogP contribution in [0.25, 0.3) is 21.8 Å². The number of hydrogen-bond donors (Lipinski definition) is 2. The van der Waals surface area contributed by atoms with Gasteiger partial charge in [0, 0.05) is 34.9 Å². The Bertz CT molecular complexity index is 1040. The lowest BCUT2D eigenvalue weighted by Gasteiger charge is -2.16. The Morgan fingerprint density at radius 1 is 1.16 bits per heavy atom. The highest BCUT2D eigenvalue weighted by Crippen LogP contribution is 2.22. The van der Waals surface area contributed by atoms with Gasteiger partial charge in [0.25, 0.3) is 5.91 Å². The molecular formula is C17H15N7O. The van der Waals surface area contributed by atoms with Gasteiger partial charge in [-0.25, -0.2) is 15.0 Å². The molecule has 0 fully saturated rings. The molecule has 1 amide bonds. The van der Waals surface area contributed by atoms with Crippen molar-refractivity contribution >= 4 is 27.7 Å². The lowest BCUT2D eigenvalue weighted by Crippen LogP contribution is -2.29. The van der Waals surface area contributed by atoms with Crippen molar-refractivity contribution in [2.24, 2.45) is 0 Å². The van der Waals surface area contributed by atoms with Gasteiger partial charge in [0.1, 0.15) is 12.0 Å². The molecular weight excluding hydrogens is 318 g/mol. The zero-order valence-corrected chi connectivity index (χ0v) is 13.5. The summed E-state index contributed by atoms with van der Waals surface area (Å²) in [7, 11) is 0. The number of carbonyl (C=O) groups excluding carboxylic acids is 1. The fourth-order valence-electron chi connectivity index (χ4n) is 2.77. The van der Waals surface area contributed by atoms with Gasteiger partial charge >= 0.3 is 0 Å². The van der Waals surface area contributed by atoms with Crippen LogP contribution in [-0.2, 0) is 0 Å². The molecule has 0 saturated heterocycles. The Morgan fingerprint density at radius 2 is 2.00 bits per heavy atom. The fourth-order valence-corrected chi connectivity index (χ4v) is 2.77. The van der Waals surface area contributed by atoms with Crippen LogP contribution in [0.4, 0.5) is 0 Å². The van der Waals surface area contributed by atoms with Crippen LogP contribution >= 0.6 is 0 Å². The van der Waals surface area contributed by atoms with Gasteiger partial charge in [-0.15, -0.1) is 0 Å². The van der Waals surface area contributed by atoms with Gasteiger partial charge in [0.05, 0.1) is 29.5 Å². The smallest absolute Gasteiger partial charge is 0.270 e. The van der Waals surface area contributed by atoms with Gasteiger partial charge in [-0.05, 0) is 12.5 Å². The average molecular weight is 333 g/mol. The maximum Gasteiger partial charge on any atom is 0.270 e. The van der Waals surface area contributed by atoms with Gasteiger partial charge in [0.2, 0.25) is 0 Å². The number of hydrogen-bond acceptors (Lipinski definition) is 6. The normalized spacial score (nSPS) is 12.4. The number of amides is 1. The molecule has 124 valence electrons. The van der Waals surface area contributed by atoms with E-state index in [0.29, 0.717) is 11.2 Å². The molecule has 0 radical (unpaired) electrons. The molecule has 0 spiro atoms. The molecule has 0 aliphatic carbocycles. The molecule has 4 rings (SSSR count). The largest absolute Gasteiger partial charge is 0.344 e. The molecule has 0 aliphatic rings. The minimum Gasteiger partial charge on any atom is -0.344 e. The molecule has 0 unspecified atom stereocenters. The lowest BCUT2D eigenvalue weighted by atomic mass is 10.1. The highest BCUT2D eigenvalue weighted by Gasteiger charge is 2.16. The molecule has 0 saturated carbocycles. The van der Waals surface area contributed by atoms with Crippen LogP contribution in [0.2, 0.25) is 0 Å². The Labute approximate surface area is 142 Å². The quantitative estimate of drug-likeness (QED) is 0.592. The zero-order chi connectivity index (χ0) is 17.2. The van der Waals surface area contributed by atoms with Gasteiger partial charge in [-0.1, -0.05) is 6.92 Å². The predicted octanol–water partition coefficient (Wildman–Crippen LogP) is 2.18. The monoisotopic (exact) mass is 333 g/mol. The molecule has 4 aromatic heterocycles. The summed E-state index contributed by atoms with van der Waals surface area (Å²) in [6, 6.07) is 1.55. The van der Waals surface area contributed by atoms with Crippen LogP contribution in [-0.4, -0.2) is 36.0 Å². The van der Waals surface area contributed by atoms with Crippen LogP contribution < -0.4 is 5.32 Å². The van der Waals surface area contributed by atoms with Crippen LogP contribution in [0.3, 0.4) is 0 Å². The number of pyridine rings is 2. The molecule has 0 bridgehead atoms. The SMILES string of the molecule is CC[C@@H](NC(=O)c1cc2c(cn1)ncc1cn[nH]c12)c1cncnc1. The van der Waals surface area contributed by atoms with Crippen molar-refractivity contribution in [3.05, 3.63) is 54.6 Å². The third-order valence-electron chi connectivity index (χ3n) is 4.09. The van der Waals surface area contributed by atoms with Gasteiger partial charge < -0.3 is 5.32 Å². The molecule has 1 atom stereocenters. The first kappa shape index (κ1) is 15.1. The fraction of sp³-hybridized carbons (Fsp3) is 0.176. The number of aromatic amines is 1. The van der Waals surface area contributed by atoms with Crippen molar-refractivity contribution in [1.29, 1.82) is 0 Å². The van der Waals surface area contributed by atoms with Gasteiger partial charge in [-0.3, -0.25) is 14.9 Å². The summed E-state index contributed by atoms with van der Waals surface area (Å²) in [5.74, 6) is -0.255. The highest BCUT2D eigenvalue weighted by atomic mass is 16.1. The minimum atomic E-state index is -0.255. The number of rotatable bonds is 4. The van der Waals surface area contributed by atoms with E-state index in [4.69, 9.17) is 0 Å². The standard InChI is InChI=1S/C17H15N7O/c1-2-13(10-4-18-9-19-5-10)23-17(25)14-3-12-15(8-21-14)20-6-11-7-22-24-16(11)12/h3-9,13H,2H2,1H3,(H,22,24)(H,23,25)/t13-/m1/s1. The van der Waals surface area contributed by atoms with Crippen LogP contribution in [0.1, 0.15) is 35.4 Å². The van der Waals surface area contributed by atoms with Crippen LogP contribution in [0, 0.1) is 0 Å². The van der Waals surface area contributed by atoms with Crippen LogP contribution in [0.15, 0.2) is 43.4 Å². The second-order valence-electron chi connectivity index (χ2n) is 5.65. The van der Waals surface area contributed by atoms with E-state index in [9.17, 15) is 4.79 Å². The summed E-state index contributed by atoms with van der Waals surface area (Å²) in [6.07, 6.45) is 10.6. The highest BCUT2D eigenvalue weighted by molar-refractivity contribution is 6.05. The molecule has 0 aromatic carbocycles. The third kappa shape index (κ3) is 2.78. The van der Waals surface area contributed by atoms with Crippen LogP contribution in [0.5, 0.6) is 0 Å². The van der Waals surface area contributed by atoms with Crippen molar-refractivity contribution in [2.45, 2.75) is 19.4 Å². The number of H-pyrrole nitrogens is 1. The summed E-state index contributed by atoms with van der Waals surface area (Å²) in [5.41, 5.74) is 2.73. The van der Waals surface area contributed by atoms with E-state index in [1.165, 1.54) is 6.33 Å². The topological polar surface area (TPSA) is 109 Å². The van der Waals surface area contributed by atoms with Crippen molar-refractivity contribution < 1.29 is 4.79 Å². The maximum atomic E-state index is 12.6. The van der Waals surface area contributed by atoms with Crippen molar-refractivity contribution in [2.75, 3.05) is 0 Å². The molecule has 4 heterocycles. The van der Waals surface area contributed by atoms with E-state index in [1.807, 2.05) is 6.92 Å². The van der Waals surface area contributed by atoms with Gasteiger partial charge in [-0.2, -0.15) is 5.10 Å². The Balaban J connectivity index is 1.67. The second-order valence-corrected chi connectivity index (χ2v) is 5.65. The first-order chi connectivity index (χ1) is 12.3. The molecule has 0 aliphatic heterocycles. The van der Waals surface area contributed by atoms with Crippen molar-refractivity contribution in [1.82, 2.24) is 35.5 Å². The number of carbonyl (C=O) groups is 1. The number of fused-ring (bicyclic) bond motifs is 3. The number of nitrogens with zero attached hydrogens (tertiary/aromatic N) is 5. The average Bonchev–Trinajstić information content (AvgIpc) is 3.15. The first-order valence-electron chi connectivity index (χ1n) is 7.90. The Morgan fingerprint density at radius 3 is 2.80 bits per heavy atom. The lowest BCUT2D eigenvalue weighted by molar-refractivity contribution is 0.0930.